The number of hydrogen-bond donors (Lipinski definition) is 2. The van der Waals surface area contributed by atoms with Crippen LogP contribution >= 0.6 is 0 Å². The molecule has 1 aliphatic heterocycles. The van der Waals surface area contributed by atoms with E-state index in [0.29, 0.717) is 18.8 Å². The minimum atomic E-state index is -1.10. The van der Waals surface area contributed by atoms with Crippen LogP contribution < -0.4 is 0 Å². The number of aromatic amines is 1. The maximum absolute atomic E-state index is 12.6. The van der Waals surface area contributed by atoms with Crippen LogP contribution in [0, 0.1) is 11.8 Å². The Morgan fingerprint density at radius 3 is 3.04 bits per heavy atom. The molecule has 0 bridgehead atoms. The first-order chi connectivity index (χ1) is 11.4. The molecule has 2 aromatic heterocycles. The molecule has 0 unspecified atom stereocenters. The SMILES string of the molecule is CC(C)(O)C#Cc1ccc(C(=O)N2CCC[C@H](c3ncn[nH]3)C2)o1. The Morgan fingerprint density at radius 2 is 2.33 bits per heavy atom. The molecule has 0 aromatic carbocycles. The van der Waals surface area contributed by atoms with E-state index in [1.165, 1.54) is 6.33 Å². The van der Waals surface area contributed by atoms with Crippen LogP contribution in [0.25, 0.3) is 0 Å². The predicted octanol–water partition coefficient (Wildman–Crippen LogP) is 1.54. The standard InChI is InChI=1S/C17H20N4O3/c1-17(2,23)8-7-13-5-6-14(24-13)16(22)21-9-3-4-12(10-21)15-18-11-19-20-15/h5-6,11-12,23H,3-4,9-10H2,1-2H3,(H,18,19,20)/t12-/m0/s1. The quantitative estimate of drug-likeness (QED) is 0.815. The number of carbonyl (C=O) groups excluding carboxylic acids is 1. The van der Waals surface area contributed by atoms with Crippen LogP contribution in [-0.4, -0.2) is 49.8 Å². The Kier molecular flexibility index (Phi) is 4.40. The van der Waals surface area contributed by atoms with Gasteiger partial charge in [0, 0.05) is 19.0 Å². The third-order valence-corrected chi connectivity index (χ3v) is 3.84. The topological polar surface area (TPSA) is 95.2 Å². The molecule has 1 saturated heterocycles. The summed E-state index contributed by atoms with van der Waals surface area (Å²) in [6, 6.07) is 3.26. The Bertz CT molecular complexity index is 762. The van der Waals surface area contributed by atoms with Gasteiger partial charge in [0.2, 0.25) is 0 Å². The summed E-state index contributed by atoms with van der Waals surface area (Å²) in [4.78, 5) is 18.6. The van der Waals surface area contributed by atoms with Gasteiger partial charge in [-0.05, 0) is 44.7 Å². The summed E-state index contributed by atoms with van der Waals surface area (Å²) >= 11 is 0. The van der Waals surface area contributed by atoms with Crippen molar-refractivity contribution in [1.82, 2.24) is 20.1 Å². The molecule has 0 spiro atoms. The van der Waals surface area contributed by atoms with E-state index in [2.05, 4.69) is 27.0 Å². The lowest BCUT2D eigenvalue weighted by molar-refractivity contribution is 0.0672. The highest BCUT2D eigenvalue weighted by Gasteiger charge is 2.28. The molecule has 7 nitrogen and oxygen atoms in total. The summed E-state index contributed by atoms with van der Waals surface area (Å²) < 4.78 is 5.51. The molecule has 3 heterocycles. The first kappa shape index (κ1) is 16.3. The van der Waals surface area contributed by atoms with Crippen LogP contribution in [0.3, 0.4) is 0 Å². The number of nitrogens with one attached hydrogen (secondary N) is 1. The first-order valence-electron chi connectivity index (χ1n) is 7.92. The van der Waals surface area contributed by atoms with E-state index in [9.17, 15) is 9.90 Å². The number of nitrogens with zero attached hydrogens (tertiary/aromatic N) is 3. The van der Waals surface area contributed by atoms with Crippen LogP contribution in [0.1, 0.15) is 54.7 Å². The molecular formula is C17H20N4O3. The van der Waals surface area contributed by atoms with Gasteiger partial charge >= 0.3 is 0 Å². The van der Waals surface area contributed by atoms with Crippen molar-refractivity contribution in [3.63, 3.8) is 0 Å². The molecule has 2 N–H and O–H groups in total. The fourth-order valence-electron chi connectivity index (χ4n) is 2.69. The zero-order valence-corrected chi connectivity index (χ0v) is 13.7. The summed E-state index contributed by atoms with van der Waals surface area (Å²) in [6.07, 6.45) is 3.36. The average Bonchev–Trinajstić information content (AvgIpc) is 3.23. The van der Waals surface area contributed by atoms with Gasteiger partial charge in [-0.2, -0.15) is 5.10 Å². The number of carbonyl (C=O) groups is 1. The number of rotatable bonds is 2. The molecule has 1 fully saturated rings. The molecular weight excluding hydrogens is 308 g/mol. The molecule has 1 amide bonds. The molecule has 0 saturated carbocycles. The van der Waals surface area contributed by atoms with E-state index >= 15 is 0 Å². The van der Waals surface area contributed by atoms with Crippen LogP contribution in [-0.2, 0) is 0 Å². The number of likely N-dealkylation sites (tertiary alicyclic amines) is 1. The Balaban J connectivity index is 1.70. The van der Waals surface area contributed by atoms with Gasteiger partial charge in [-0.25, -0.2) is 4.98 Å². The summed E-state index contributed by atoms with van der Waals surface area (Å²) in [7, 11) is 0. The zero-order valence-electron chi connectivity index (χ0n) is 13.7. The molecule has 1 aliphatic rings. The monoisotopic (exact) mass is 328 g/mol. The second-order valence-electron chi connectivity index (χ2n) is 6.43. The highest BCUT2D eigenvalue weighted by molar-refractivity contribution is 5.91. The third kappa shape index (κ3) is 3.84. The van der Waals surface area contributed by atoms with Gasteiger partial charge in [-0.15, -0.1) is 0 Å². The Labute approximate surface area is 140 Å². The number of furan rings is 1. The lowest BCUT2D eigenvalue weighted by Gasteiger charge is -2.31. The van der Waals surface area contributed by atoms with Crippen molar-refractivity contribution in [2.75, 3.05) is 13.1 Å². The van der Waals surface area contributed by atoms with E-state index in [0.717, 1.165) is 18.7 Å². The number of H-pyrrole nitrogens is 1. The molecule has 0 radical (unpaired) electrons. The Morgan fingerprint density at radius 1 is 1.50 bits per heavy atom. The summed E-state index contributed by atoms with van der Waals surface area (Å²) in [5.74, 6) is 6.83. The van der Waals surface area contributed by atoms with E-state index in [1.807, 2.05) is 0 Å². The second kappa shape index (κ2) is 6.49. The number of aromatic nitrogens is 3. The van der Waals surface area contributed by atoms with Crippen molar-refractivity contribution in [1.29, 1.82) is 0 Å². The van der Waals surface area contributed by atoms with E-state index in [-0.39, 0.29) is 17.6 Å². The summed E-state index contributed by atoms with van der Waals surface area (Å²) in [5.41, 5.74) is -1.10. The molecule has 3 rings (SSSR count). The summed E-state index contributed by atoms with van der Waals surface area (Å²) in [6.45, 7) is 4.45. The average molecular weight is 328 g/mol. The normalized spacial score (nSPS) is 18.1. The minimum Gasteiger partial charge on any atom is -0.443 e. The molecule has 1 atom stereocenters. The fraction of sp³-hybridized carbons (Fsp3) is 0.471. The van der Waals surface area contributed by atoms with Crippen LogP contribution in [0.15, 0.2) is 22.9 Å². The minimum absolute atomic E-state index is 0.157. The van der Waals surface area contributed by atoms with Crippen molar-refractivity contribution in [3.05, 3.63) is 35.8 Å². The van der Waals surface area contributed by atoms with Crippen molar-refractivity contribution < 1.29 is 14.3 Å². The Hall–Kier alpha value is -2.59. The van der Waals surface area contributed by atoms with Crippen molar-refractivity contribution in [3.8, 4) is 11.8 Å². The molecule has 2 aromatic rings. The molecule has 24 heavy (non-hydrogen) atoms. The van der Waals surface area contributed by atoms with E-state index < -0.39 is 5.60 Å². The predicted molar refractivity (Wildman–Crippen MR) is 86.1 cm³/mol. The lowest BCUT2D eigenvalue weighted by atomic mass is 9.97. The largest absolute Gasteiger partial charge is 0.443 e. The third-order valence-electron chi connectivity index (χ3n) is 3.84. The number of hydrogen-bond acceptors (Lipinski definition) is 5. The first-order valence-corrected chi connectivity index (χ1v) is 7.92. The second-order valence-corrected chi connectivity index (χ2v) is 6.43. The zero-order chi connectivity index (χ0) is 17.2. The molecule has 126 valence electrons. The van der Waals surface area contributed by atoms with Gasteiger partial charge in [0.1, 0.15) is 17.8 Å². The lowest BCUT2D eigenvalue weighted by Crippen LogP contribution is -2.39. The highest BCUT2D eigenvalue weighted by Crippen LogP contribution is 2.25. The van der Waals surface area contributed by atoms with E-state index in [4.69, 9.17) is 4.42 Å². The number of amides is 1. The summed E-state index contributed by atoms with van der Waals surface area (Å²) in [5, 5.41) is 16.4. The van der Waals surface area contributed by atoms with Gasteiger partial charge in [0.05, 0.1) is 0 Å². The fourth-order valence-corrected chi connectivity index (χ4v) is 2.69. The van der Waals surface area contributed by atoms with Crippen molar-refractivity contribution in [2.24, 2.45) is 0 Å². The van der Waals surface area contributed by atoms with Gasteiger partial charge in [0.15, 0.2) is 11.5 Å². The van der Waals surface area contributed by atoms with Crippen molar-refractivity contribution >= 4 is 5.91 Å². The van der Waals surface area contributed by atoms with E-state index in [1.54, 1.807) is 30.9 Å². The van der Waals surface area contributed by atoms with Crippen LogP contribution in [0.5, 0.6) is 0 Å². The number of piperidine rings is 1. The number of aliphatic hydroxyl groups is 1. The smallest absolute Gasteiger partial charge is 0.289 e. The van der Waals surface area contributed by atoms with Crippen LogP contribution in [0.2, 0.25) is 0 Å². The highest BCUT2D eigenvalue weighted by atomic mass is 16.4. The van der Waals surface area contributed by atoms with Gasteiger partial charge in [-0.1, -0.05) is 5.92 Å². The van der Waals surface area contributed by atoms with Gasteiger partial charge in [0.25, 0.3) is 5.91 Å². The van der Waals surface area contributed by atoms with Gasteiger partial charge < -0.3 is 14.4 Å². The van der Waals surface area contributed by atoms with Crippen molar-refractivity contribution in [2.45, 2.75) is 38.2 Å². The molecule has 7 heteroatoms. The maximum atomic E-state index is 12.6. The maximum Gasteiger partial charge on any atom is 0.289 e. The van der Waals surface area contributed by atoms with Gasteiger partial charge in [-0.3, -0.25) is 9.89 Å². The molecule has 0 aliphatic carbocycles. The van der Waals surface area contributed by atoms with Crippen LogP contribution in [0.4, 0.5) is 0 Å².